The monoisotopic (exact) mass is 221 g/mol. The summed E-state index contributed by atoms with van der Waals surface area (Å²) in [6.07, 6.45) is 8.91. The molecule has 1 heterocycles. The minimum absolute atomic E-state index is 0.617. The maximum absolute atomic E-state index is 4.35. The SMILES string of the molecule is C=CCNC(=NC)N1CCC2(CCCC2)C1. The van der Waals surface area contributed by atoms with Crippen LogP contribution < -0.4 is 5.32 Å². The predicted octanol–water partition coefficient (Wildman–Crippen LogP) is 2.01. The van der Waals surface area contributed by atoms with Crippen molar-refractivity contribution in [2.45, 2.75) is 32.1 Å². The first-order valence-corrected chi connectivity index (χ1v) is 6.36. The van der Waals surface area contributed by atoms with Gasteiger partial charge in [0.05, 0.1) is 0 Å². The summed E-state index contributed by atoms with van der Waals surface area (Å²) in [6.45, 7) is 6.89. The van der Waals surface area contributed by atoms with Gasteiger partial charge in [0.1, 0.15) is 0 Å². The van der Waals surface area contributed by atoms with Gasteiger partial charge in [0.15, 0.2) is 5.96 Å². The molecule has 90 valence electrons. The van der Waals surface area contributed by atoms with Crippen LogP contribution in [0.25, 0.3) is 0 Å². The van der Waals surface area contributed by atoms with Crippen LogP contribution >= 0.6 is 0 Å². The Labute approximate surface area is 98.6 Å². The van der Waals surface area contributed by atoms with Crippen molar-refractivity contribution < 1.29 is 0 Å². The Hall–Kier alpha value is -0.990. The quantitative estimate of drug-likeness (QED) is 0.439. The van der Waals surface area contributed by atoms with Gasteiger partial charge < -0.3 is 10.2 Å². The molecule has 0 bridgehead atoms. The lowest BCUT2D eigenvalue weighted by atomic mass is 9.86. The van der Waals surface area contributed by atoms with Crippen molar-refractivity contribution in [1.82, 2.24) is 10.2 Å². The molecule has 3 heteroatoms. The summed E-state index contributed by atoms with van der Waals surface area (Å²) < 4.78 is 0. The van der Waals surface area contributed by atoms with E-state index in [9.17, 15) is 0 Å². The van der Waals surface area contributed by atoms with E-state index in [0.717, 1.165) is 19.0 Å². The minimum atomic E-state index is 0.617. The molecule has 0 aromatic heterocycles. The smallest absolute Gasteiger partial charge is 0.193 e. The first-order valence-electron chi connectivity index (χ1n) is 6.36. The zero-order chi connectivity index (χ0) is 11.4. The second kappa shape index (κ2) is 4.89. The Bertz CT molecular complexity index is 277. The Morgan fingerprint density at radius 2 is 2.19 bits per heavy atom. The van der Waals surface area contributed by atoms with Gasteiger partial charge >= 0.3 is 0 Å². The van der Waals surface area contributed by atoms with E-state index in [0.29, 0.717) is 5.41 Å². The lowest BCUT2D eigenvalue weighted by Gasteiger charge is -2.25. The predicted molar refractivity (Wildman–Crippen MR) is 68.6 cm³/mol. The number of nitrogens with zero attached hydrogens (tertiary/aromatic N) is 2. The van der Waals surface area contributed by atoms with Gasteiger partial charge in [-0.3, -0.25) is 4.99 Å². The maximum Gasteiger partial charge on any atom is 0.193 e. The molecule has 0 radical (unpaired) electrons. The first kappa shape index (κ1) is 11.5. The van der Waals surface area contributed by atoms with Crippen LogP contribution in [0, 0.1) is 5.41 Å². The highest BCUT2D eigenvalue weighted by Crippen LogP contribution is 2.45. The number of likely N-dealkylation sites (tertiary alicyclic amines) is 1. The van der Waals surface area contributed by atoms with E-state index >= 15 is 0 Å². The molecular formula is C13H23N3. The molecule has 1 aliphatic heterocycles. The summed E-state index contributed by atoms with van der Waals surface area (Å²) in [7, 11) is 1.87. The van der Waals surface area contributed by atoms with Crippen molar-refractivity contribution in [1.29, 1.82) is 0 Å². The van der Waals surface area contributed by atoms with E-state index in [4.69, 9.17) is 0 Å². The molecule has 0 amide bonds. The number of nitrogens with one attached hydrogen (secondary N) is 1. The molecule has 1 saturated carbocycles. The van der Waals surface area contributed by atoms with E-state index in [1.807, 2.05) is 13.1 Å². The normalized spacial score (nSPS) is 24.1. The van der Waals surface area contributed by atoms with Crippen LogP contribution in [0.5, 0.6) is 0 Å². The minimum Gasteiger partial charge on any atom is -0.353 e. The highest BCUT2D eigenvalue weighted by molar-refractivity contribution is 5.80. The van der Waals surface area contributed by atoms with E-state index in [-0.39, 0.29) is 0 Å². The Kier molecular flexibility index (Phi) is 3.52. The molecule has 2 aliphatic rings. The number of rotatable bonds is 2. The van der Waals surface area contributed by atoms with Crippen molar-refractivity contribution in [3.63, 3.8) is 0 Å². The molecular weight excluding hydrogens is 198 g/mol. The average molecular weight is 221 g/mol. The average Bonchev–Trinajstić information content (AvgIpc) is 2.92. The largest absolute Gasteiger partial charge is 0.353 e. The van der Waals surface area contributed by atoms with E-state index in [2.05, 4.69) is 21.8 Å². The second-order valence-electron chi connectivity index (χ2n) is 5.10. The van der Waals surface area contributed by atoms with Gasteiger partial charge in [0.25, 0.3) is 0 Å². The summed E-state index contributed by atoms with van der Waals surface area (Å²) in [5.74, 6) is 1.05. The number of guanidine groups is 1. The van der Waals surface area contributed by atoms with Crippen LogP contribution in [0.15, 0.2) is 17.6 Å². The molecule has 2 fully saturated rings. The van der Waals surface area contributed by atoms with Crippen LogP contribution in [-0.4, -0.2) is 37.5 Å². The third-order valence-corrected chi connectivity index (χ3v) is 4.02. The number of hydrogen-bond acceptors (Lipinski definition) is 1. The maximum atomic E-state index is 4.35. The van der Waals surface area contributed by atoms with Crippen LogP contribution in [-0.2, 0) is 0 Å². The second-order valence-corrected chi connectivity index (χ2v) is 5.10. The van der Waals surface area contributed by atoms with E-state index < -0.39 is 0 Å². The Morgan fingerprint density at radius 1 is 1.44 bits per heavy atom. The van der Waals surface area contributed by atoms with Gasteiger partial charge in [0.2, 0.25) is 0 Å². The van der Waals surface area contributed by atoms with Gasteiger partial charge in [-0.05, 0) is 24.7 Å². The topological polar surface area (TPSA) is 27.6 Å². The van der Waals surface area contributed by atoms with Gasteiger partial charge in [-0.15, -0.1) is 6.58 Å². The standard InChI is InChI=1S/C13H23N3/c1-3-9-15-12(14-2)16-10-8-13(11-16)6-4-5-7-13/h3H,1,4-11H2,2H3,(H,14,15). The van der Waals surface area contributed by atoms with Crippen molar-refractivity contribution in [2.75, 3.05) is 26.7 Å². The molecule has 1 spiro atoms. The molecule has 0 aromatic carbocycles. The molecule has 0 aromatic rings. The first-order chi connectivity index (χ1) is 7.79. The molecule has 1 N–H and O–H groups in total. The molecule has 1 aliphatic carbocycles. The van der Waals surface area contributed by atoms with Gasteiger partial charge in [-0.25, -0.2) is 0 Å². The van der Waals surface area contributed by atoms with Crippen molar-refractivity contribution in [3.8, 4) is 0 Å². The third-order valence-electron chi connectivity index (χ3n) is 4.02. The van der Waals surface area contributed by atoms with Crippen molar-refractivity contribution in [2.24, 2.45) is 10.4 Å². The summed E-state index contributed by atoms with van der Waals surface area (Å²) in [5, 5.41) is 3.33. The molecule has 16 heavy (non-hydrogen) atoms. The zero-order valence-electron chi connectivity index (χ0n) is 10.3. The molecule has 1 saturated heterocycles. The summed E-state index contributed by atoms with van der Waals surface area (Å²) in [4.78, 5) is 6.76. The molecule has 2 rings (SSSR count). The fourth-order valence-corrected chi connectivity index (χ4v) is 3.14. The van der Waals surface area contributed by atoms with Crippen LogP contribution in [0.3, 0.4) is 0 Å². The molecule has 0 unspecified atom stereocenters. The third kappa shape index (κ3) is 2.23. The Balaban J connectivity index is 1.93. The van der Waals surface area contributed by atoms with E-state index in [1.54, 1.807) is 0 Å². The molecule has 3 nitrogen and oxygen atoms in total. The summed E-state index contributed by atoms with van der Waals surface area (Å²) >= 11 is 0. The van der Waals surface area contributed by atoms with Gasteiger partial charge in [0, 0.05) is 26.7 Å². The Morgan fingerprint density at radius 3 is 2.81 bits per heavy atom. The lowest BCUT2D eigenvalue weighted by molar-refractivity contribution is 0.309. The van der Waals surface area contributed by atoms with Gasteiger partial charge in [-0.2, -0.15) is 0 Å². The number of hydrogen-bond donors (Lipinski definition) is 1. The van der Waals surface area contributed by atoms with Crippen molar-refractivity contribution >= 4 is 5.96 Å². The highest BCUT2D eigenvalue weighted by Gasteiger charge is 2.40. The van der Waals surface area contributed by atoms with Crippen LogP contribution in [0.4, 0.5) is 0 Å². The lowest BCUT2D eigenvalue weighted by Crippen LogP contribution is -2.41. The van der Waals surface area contributed by atoms with Crippen LogP contribution in [0.1, 0.15) is 32.1 Å². The summed E-state index contributed by atoms with van der Waals surface area (Å²) in [6, 6.07) is 0. The highest BCUT2D eigenvalue weighted by atomic mass is 15.3. The molecule has 0 atom stereocenters. The van der Waals surface area contributed by atoms with E-state index in [1.165, 1.54) is 38.6 Å². The zero-order valence-corrected chi connectivity index (χ0v) is 10.3. The fraction of sp³-hybridized carbons (Fsp3) is 0.769. The fourth-order valence-electron chi connectivity index (χ4n) is 3.14. The van der Waals surface area contributed by atoms with Crippen LogP contribution in [0.2, 0.25) is 0 Å². The van der Waals surface area contributed by atoms with Crippen molar-refractivity contribution in [3.05, 3.63) is 12.7 Å². The number of aliphatic imine (C=N–C) groups is 1. The van der Waals surface area contributed by atoms with Gasteiger partial charge in [-0.1, -0.05) is 18.9 Å². The summed E-state index contributed by atoms with van der Waals surface area (Å²) in [5.41, 5.74) is 0.617.